The summed E-state index contributed by atoms with van der Waals surface area (Å²) in [6, 6.07) is 18.0. The van der Waals surface area contributed by atoms with Crippen molar-refractivity contribution in [1.29, 1.82) is 0 Å². The molecule has 2 N–H and O–H groups in total. The van der Waals surface area contributed by atoms with Crippen molar-refractivity contribution in [2.75, 3.05) is 26.2 Å². The van der Waals surface area contributed by atoms with E-state index < -0.39 is 6.10 Å². The van der Waals surface area contributed by atoms with Crippen molar-refractivity contribution < 1.29 is 14.7 Å². The number of aliphatic hydroxyl groups is 1. The highest BCUT2D eigenvalue weighted by Gasteiger charge is 2.25. The molecule has 0 fully saturated rings. The Morgan fingerprint density at radius 2 is 1.77 bits per heavy atom. The number of nitrogens with one attached hydrogen (secondary N) is 1. The molecule has 0 aliphatic carbocycles. The van der Waals surface area contributed by atoms with Gasteiger partial charge in [-0.05, 0) is 54.7 Å². The fourth-order valence-corrected chi connectivity index (χ4v) is 5.95. The smallest absolute Gasteiger partial charge is 0.261 e. The summed E-state index contributed by atoms with van der Waals surface area (Å²) in [4.78, 5) is 31.6. The number of hydrogen-bond acceptors (Lipinski definition) is 5. The molecule has 182 valence electrons. The minimum atomic E-state index is -0.624. The number of aryl methyl sites for hydroxylation is 1. The lowest BCUT2D eigenvalue weighted by atomic mass is 10.00. The number of amides is 2. The first-order valence-electron chi connectivity index (χ1n) is 12.2. The lowest BCUT2D eigenvalue weighted by Gasteiger charge is -2.30. The zero-order valence-electron chi connectivity index (χ0n) is 20.0. The zero-order chi connectivity index (χ0) is 24.4. The molecule has 3 aromatic rings. The van der Waals surface area contributed by atoms with Gasteiger partial charge in [-0.15, -0.1) is 11.3 Å². The van der Waals surface area contributed by atoms with Crippen molar-refractivity contribution in [3.05, 3.63) is 92.2 Å². The molecule has 2 aromatic carbocycles. The number of carbonyl (C=O) groups excluding carboxylic acids is 2. The molecule has 35 heavy (non-hydrogen) atoms. The van der Waals surface area contributed by atoms with Crippen molar-refractivity contribution in [2.45, 2.75) is 39.0 Å². The third-order valence-electron chi connectivity index (χ3n) is 6.85. The maximum atomic E-state index is 12.9. The Bertz CT molecular complexity index is 1220. The van der Waals surface area contributed by atoms with Crippen LogP contribution in [0.5, 0.6) is 0 Å². The van der Waals surface area contributed by atoms with Crippen LogP contribution in [0, 0.1) is 6.92 Å². The second-order valence-electron chi connectivity index (χ2n) is 9.52. The molecule has 0 bridgehead atoms. The van der Waals surface area contributed by atoms with Gasteiger partial charge in [-0.2, -0.15) is 0 Å². The zero-order valence-corrected chi connectivity index (χ0v) is 20.8. The monoisotopic (exact) mass is 489 g/mol. The summed E-state index contributed by atoms with van der Waals surface area (Å²) in [5, 5.41) is 13.4. The molecule has 2 aliphatic rings. The number of nitrogens with zero attached hydrogens (tertiary/aromatic N) is 2. The quantitative estimate of drug-likeness (QED) is 0.557. The first-order chi connectivity index (χ1) is 17.0. The Hall–Kier alpha value is -3.00. The molecule has 3 heterocycles. The van der Waals surface area contributed by atoms with Crippen molar-refractivity contribution in [1.82, 2.24) is 15.1 Å². The number of fused-ring (bicyclic) bond motifs is 2. The Morgan fingerprint density at radius 3 is 2.57 bits per heavy atom. The van der Waals surface area contributed by atoms with Gasteiger partial charge in [0.2, 0.25) is 0 Å². The van der Waals surface area contributed by atoms with Crippen LogP contribution in [0.2, 0.25) is 0 Å². The highest BCUT2D eigenvalue weighted by molar-refractivity contribution is 7.14. The summed E-state index contributed by atoms with van der Waals surface area (Å²) >= 11 is 1.49. The van der Waals surface area contributed by atoms with E-state index in [1.165, 1.54) is 22.5 Å². The normalized spacial score (nSPS) is 16.3. The van der Waals surface area contributed by atoms with Crippen molar-refractivity contribution in [3.63, 3.8) is 0 Å². The summed E-state index contributed by atoms with van der Waals surface area (Å²) in [7, 11) is 0. The molecule has 0 saturated heterocycles. The number of carbonyl (C=O) groups is 2. The fraction of sp³-hybridized carbons (Fsp3) is 0.357. The largest absolute Gasteiger partial charge is 0.390 e. The number of β-amino-alcohol motifs (C(OH)–C–C–N with tert-alkyl or cyclic N) is 1. The van der Waals surface area contributed by atoms with Gasteiger partial charge in [-0.25, -0.2) is 0 Å². The Balaban J connectivity index is 1.13. The molecular weight excluding hydrogens is 458 g/mol. The van der Waals surface area contributed by atoms with Crippen LogP contribution in [0.3, 0.4) is 0 Å². The minimum Gasteiger partial charge on any atom is -0.390 e. The van der Waals surface area contributed by atoms with E-state index in [-0.39, 0.29) is 18.4 Å². The lowest BCUT2D eigenvalue weighted by molar-refractivity contribution is 0.0736. The maximum absolute atomic E-state index is 12.9. The Kier molecular flexibility index (Phi) is 7.00. The van der Waals surface area contributed by atoms with Crippen LogP contribution in [0.25, 0.3) is 0 Å². The molecule has 6 nitrogen and oxygen atoms in total. The van der Waals surface area contributed by atoms with E-state index in [4.69, 9.17) is 0 Å². The summed E-state index contributed by atoms with van der Waals surface area (Å²) in [5.41, 5.74) is 5.56. The van der Waals surface area contributed by atoms with Gasteiger partial charge in [0.05, 0.1) is 11.0 Å². The molecule has 2 aliphatic heterocycles. The van der Waals surface area contributed by atoms with Gasteiger partial charge >= 0.3 is 0 Å². The Morgan fingerprint density at radius 1 is 1.00 bits per heavy atom. The molecule has 1 atom stereocenters. The molecular formula is C28H31N3O3S. The van der Waals surface area contributed by atoms with Crippen LogP contribution in [-0.4, -0.2) is 59.0 Å². The van der Waals surface area contributed by atoms with Crippen LogP contribution in [-0.2, 0) is 25.9 Å². The topological polar surface area (TPSA) is 72.9 Å². The van der Waals surface area contributed by atoms with Gasteiger partial charge in [0.25, 0.3) is 11.8 Å². The molecule has 7 heteroatoms. The van der Waals surface area contributed by atoms with Gasteiger partial charge in [0.1, 0.15) is 0 Å². The molecule has 1 unspecified atom stereocenters. The second-order valence-corrected chi connectivity index (χ2v) is 10.7. The van der Waals surface area contributed by atoms with Crippen molar-refractivity contribution in [3.8, 4) is 0 Å². The summed E-state index contributed by atoms with van der Waals surface area (Å²) in [6.07, 6.45) is 1.12. The van der Waals surface area contributed by atoms with Crippen LogP contribution in [0.15, 0.2) is 54.6 Å². The van der Waals surface area contributed by atoms with Crippen LogP contribution in [0.4, 0.5) is 0 Å². The molecule has 0 spiro atoms. The first kappa shape index (κ1) is 23.7. The summed E-state index contributed by atoms with van der Waals surface area (Å²) in [5.74, 6) is -0.139. The number of thiophene rings is 1. The number of benzene rings is 2. The van der Waals surface area contributed by atoms with Gasteiger partial charge < -0.3 is 15.3 Å². The molecule has 2 amide bonds. The number of hydrogen-bond donors (Lipinski definition) is 2. The van der Waals surface area contributed by atoms with E-state index in [0.717, 1.165) is 41.9 Å². The van der Waals surface area contributed by atoms with E-state index in [9.17, 15) is 14.7 Å². The van der Waals surface area contributed by atoms with Crippen LogP contribution < -0.4 is 5.32 Å². The first-order valence-corrected chi connectivity index (χ1v) is 13.0. The number of aliphatic hydroxyl groups excluding tert-OH is 1. The molecule has 5 rings (SSSR count). The molecule has 1 aromatic heterocycles. The lowest BCUT2D eigenvalue weighted by Crippen LogP contribution is -2.41. The van der Waals surface area contributed by atoms with Crippen LogP contribution >= 0.6 is 11.3 Å². The molecule has 0 radical (unpaired) electrons. The average Bonchev–Trinajstić information content (AvgIpc) is 3.31. The highest BCUT2D eigenvalue weighted by Crippen LogP contribution is 2.29. The fourth-order valence-electron chi connectivity index (χ4n) is 4.87. The standard InChI is InChI=1S/C28H31N3O3S/c1-19-6-8-21(9-7-19)28(34)31-13-11-25-23(17-31)14-26(35-25)27(33)29-15-24(32)18-30-12-10-20-4-2-3-5-22(20)16-30/h2-9,14,24,32H,10-13,15-18H2,1H3,(H,29,33). The summed E-state index contributed by atoms with van der Waals surface area (Å²) in [6.45, 7) is 5.67. The predicted octanol–water partition coefficient (Wildman–Crippen LogP) is 3.40. The van der Waals surface area contributed by atoms with Gasteiger partial charge in [0.15, 0.2) is 0 Å². The second kappa shape index (κ2) is 10.3. The summed E-state index contributed by atoms with van der Waals surface area (Å²) < 4.78 is 0. The predicted molar refractivity (Wildman–Crippen MR) is 138 cm³/mol. The van der Waals surface area contributed by atoms with Crippen LogP contribution in [0.1, 0.15) is 47.2 Å². The third kappa shape index (κ3) is 5.48. The number of rotatable bonds is 6. The van der Waals surface area contributed by atoms with Gasteiger partial charge in [-0.1, -0.05) is 42.0 Å². The van der Waals surface area contributed by atoms with Gasteiger partial charge in [0, 0.05) is 49.7 Å². The van der Waals surface area contributed by atoms with E-state index in [2.05, 4.69) is 34.5 Å². The Labute approximate surface area is 210 Å². The van der Waals surface area contributed by atoms with E-state index in [0.29, 0.717) is 30.1 Å². The molecule has 0 saturated carbocycles. The van der Waals surface area contributed by atoms with Gasteiger partial charge in [-0.3, -0.25) is 14.5 Å². The van der Waals surface area contributed by atoms with E-state index in [1.807, 2.05) is 42.2 Å². The average molecular weight is 490 g/mol. The minimum absolute atomic E-state index is 0.0244. The van der Waals surface area contributed by atoms with Crippen molar-refractivity contribution in [2.24, 2.45) is 0 Å². The van der Waals surface area contributed by atoms with E-state index >= 15 is 0 Å². The van der Waals surface area contributed by atoms with Crippen molar-refractivity contribution >= 4 is 23.2 Å². The SMILES string of the molecule is Cc1ccc(C(=O)N2CCc3sc(C(=O)NCC(O)CN4CCc5ccccc5C4)cc3C2)cc1. The third-order valence-corrected chi connectivity index (χ3v) is 8.09. The maximum Gasteiger partial charge on any atom is 0.261 e. The van der Waals surface area contributed by atoms with E-state index in [1.54, 1.807) is 0 Å². The highest BCUT2D eigenvalue weighted by atomic mass is 32.1.